The van der Waals surface area contributed by atoms with Crippen LogP contribution in [-0.2, 0) is 9.59 Å². The summed E-state index contributed by atoms with van der Waals surface area (Å²) in [5, 5.41) is 4.26. The third kappa shape index (κ3) is 5.08. The Bertz CT molecular complexity index is 782. The standard InChI is InChI=1S/C21H30N2O4/c1-5-7-14(8-6-2)20(24)22-12-11-15-13-16-17(26-3)9-10-18(27-4)19(16)23-21(15)25/h9-10,13-15H,5-8,11-12H2,1-4H3,(H,22,24). The Balaban J connectivity index is 2.10. The molecule has 1 unspecified atom stereocenters. The highest BCUT2D eigenvalue weighted by Gasteiger charge is 2.22. The molecule has 1 aliphatic rings. The molecule has 0 fully saturated rings. The minimum absolute atomic E-state index is 0.0563. The topological polar surface area (TPSA) is 77.0 Å². The van der Waals surface area contributed by atoms with Crippen molar-refractivity contribution in [2.75, 3.05) is 20.8 Å². The minimum Gasteiger partial charge on any atom is -0.496 e. The van der Waals surface area contributed by atoms with Gasteiger partial charge in [-0.15, -0.1) is 0 Å². The summed E-state index contributed by atoms with van der Waals surface area (Å²) < 4.78 is 10.7. The van der Waals surface area contributed by atoms with Crippen LogP contribution < -0.4 is 25.4 Å². The number of amides is 2. The maximum absolute atomic E-state index is 12.4. The summed E-state index contributed by atoms with van der Waals surface area (Å²) in [4.78, 5) is 29.0. The fourth-order valence-corrected chi connectivity index (χ4v) is 3.46. The summed E-state index contributed by atoms with van der Waals surface area (Å²) in [6.45, 7) is 4.63. The summed E-state index contributed by atoms with van der Waals surface area (Å²) in [6.07, 6.45) is 6.16. The van der Waals surface area contributed by atoms with Crippen molar-refractivity contribution >= 4 is 17.9 Å². The van der Waals surface area contributed by atoms with Gasteiger partial charge in [-0.3, -0.25) is 9.59 Å². The van der Waals surface area contributed by atoms with Crippen molar-refractivity contribution in [3.63, 3.8) is 0 Å². The molecule has 0 aromatic heterocycles. The smallest absolute Gasteiger partial charge is 0.253 e. The van der Waals surface area contributed by atoms with Crippen molar-refractivity contribution < 1.29 is 19.1 Å². The number of carbonyl (C=O) groups is 2. The van der Waals surface area contributed by atoms with Gasteiger partial charge in [0.15, 0.2) is 0 Å². The van der Waals surface area contributed by atoms with Crippen LogP contribution in [-0.4, -0.2) is 32.6 Å². The average molecular weight is 374 g/mol. The maximum Gasteiger partial charge on any atom is 0.253 e. The van der Waals surface area contributed by atoms with Gasteiger partial charge in [-0.25, -0.2) is 4.99 Å². The maximum atomic E-state index is 12.4. The van der Waals surface area contributed by atoms with Gasteiger partial charge >= 0.3 is 0 Å². The largest absolute Gasteiger partial charge is 0.496 e. The van der Waals surface area contributed by atoms with E-state index < -0.39 is 0 Å². The number of carbonyl (C=O) groups excluding carboxylic acids is 2. The first-order valence-corrected chi connectivity index (χ1v) is 9.68. The van der Waals surface area contributed by atoms with Gasteiger partial charge in [0.1, 0.15) is 16.9 Å². The number of rotatable bonds is 10. The second-order valence-corrected chi connectivity index (χ2v) is 6.81. The van der Waals surface area contributed by atoms with Gasteiger partial charge in [0.25, 0.3) is 5.91 Å². The zero-order valence-corrected chi connectivity index (χ0v) is 16.7. The molecule has 27 heavy (non-hydrogen) atoms. The van der Waals surface area contributed by atoms with Gasteiger partial charge in [-0.1, -0.05) is 32.8 Å². The van der Waals surface area contributed by atoms with Gasteiger partial charge in [-0.2, -0.15) is 0 Å². The van der Waals surface area contributed by atoms with Crippen molar-refractivity contribution in [2.24, 2.45) is 16.8 Å². The van der Waals surface area contributed by atoms with Crippen LogP contribution in [0.3, 0.4) is 0 Å². The van der Waals surface area contributed by atoms with Crippen molar-refractivity contribution in [1.29, 1.82) is 0 Å². The van der Waals surface area contributed by atoms with E-state index in [1.165, 1.54) is 0 Å². The molecular weight excluding hydrogens is 344 g/mol. The monoisotopic (exact) mass is 374 g/mol. The van der Waals surface area contributed by atoms with Crippen molar-refractivity contribution in [1.82, 2.24) is 5.32 Å². The van der Waals surface area contributed by atoms with Crippen LogP contribution in [0.5, 0.6) is 11.5 Å². The predicted molar refractivity (Wildman–Crippen MR) is 104 cm³/mol. The molecule has 2 amide bonds. The lowest BCUT2D eigenvalue weighted by Gasteiger charge is -2.17. The Labute approximate surface area is 160 Å². The van der Waals surface area contributed by atoms with E-state index in [4.69, 9.17) is 9.47 Å². The summed E-state index contributed by atoms with van der Waals surface area (Å²) in [5.74, 6) is 0.738. The fraction of sp³-hybridized carbons (Fsp3) is 0.571. The molecule has 6 nitrogen and oxygen atoms in total. The highest BCUT2D eigenvalue weighted by atomic mass is 16.5. The van der Waals surface area contributed by atoms with Crippen LogP contribution in [0.2, 0.25) is 0 Å². The predicted octanol–water partition coefficient (Wildman–Crippen LogP) is 1.98. The molecule has 1 N–H and O–H groups in total. The van der Waals surface area contributed by atoms with Crippen LogP contribution in [0.15, 0.2) is 17.1 Å². The first kappa shape index (κ1) is 20.9. The van der Waals surface area contributed by atoms with Gasteiger partial charge in [0.05, 0.1) is 20.1 Å². The Morgan fingerprint density at radius 1 is 1.15 bits per heavy atom. The van der Waals surface area contributed by atoms with Crippen LogP contribution in [0, 0.1) is 11.8 Å². The molecule has 1 aromatic carbocycles. The van der Waals surface area contributed by atoms with E-state index in [0.717, 1.165) is 30.9 Å². The molecule has 2 rings (SSSR count). The van der Waals surface area contributed by atoms with E-state index >= 15 is 0 Å². The fourth-order valence-electron chi connectivity index (χ4n) is 3.46. The number of hydrogen-bond acceptors (Lipinski definition) is 4. The lowest BCUT2D eigenvalue weighted by Crippen LogP contribution is -2.37. The molecular formula is C21H30N2O4. The lowest BCUT2D eigenvalue weighted by molar-refractivity contribution is -0.126. The minimum atomic E-state index is -0.380. The number of benzene rings is 1. The quantitative estimate of drug-likeness (QED) is 0.679. The molecule has 0 saturated carbocycles. The van der Waals surface area contributed by atoms with Crippen molar-refractivity contribution in [3.8, 4) is 11.5 Å². The van der Waals surface area contributed by atoms with E-state index in [-0.39, 0.29) is 23.7 Å². The molecule has 1 aliphatic heterocycles. The van der Waals surface area contributed by atoms with Crippen LogP contribution in [0.25, 0.3) is 6.08 Å². The van der Waals surface area contributed by atoms with Gasteiger partial charge in [-0.05, 0) is 31.4 Å². The van der Waals surface area contributed by atoms with Crippen molar-refractivity contribution in [2.45, 2.75) is 46.0 Å². The summed E-state index contributed by atoms with van der Waals surface area (Å²) in [7, 11) is 3.13. The van der Waals surface area contributed by atoms with E-state index in [9.17, 15) is 9.59 Å². The Kier molecular flexibility index (Phi) is 7.82. The zero-order chi connectivity index (χ0) is 19.8. The van der Waals surface area contributed by atoms with Crippen LogP contribution in [0.4, 0.5) is 0 Å². The molecule has 1 aromatic rings. The Morgan fingerprint density at radius 2 is 1.78 bits per heavy atom. The Morgan fingerprint density at radius 3 is 2.37 bits per heavy atom. The number of ether oxygens (including phenoxy) is 2. The van der Waals surface area contributed by atoms with Gasteiger partial charge in [0.2, 0.25) is 5.91 Å². The van der Waals surface area contributed by atoms with Gasteiger partial charge < -0.3 is 14.8 Å². The normalized spacial score (nSPS) is 15.6. The Hall–Kier alpha value is -2.37. The number of nitrogens with one attached hydrogen (secondary N) is 1. The molecule has 1 heterocycles. The molecule has 0 saturated heterocycles. The third-order valence-corrected chi connectivity index (χ3v) is 4.89. The molecule has 6 heteroatoms. The van der Waals surface area contributed by atoms with E-state index in [1.54, 1.807) is 26.4 Å². The van der Waals surface area contributed by atoms with Crippen LogP contribution in [0.1, 0.15) is 46.0 Å². The second-order valence-electron chi connectivity index (χ2n) is 6.81. The zero-order valence-electron chi connectivity index (χ0n) is 16.7. The molecule has 0 spiro atoms. The third-order valence-electron chi connectivity index (χ3n) is 4.89. The summed E-state index contributed by atoms with van der Waals surface area (Å²) in [6, 6.07) is 3.54. The second kappa shape index (κ2) is 10.1. The van der Waals surface area contributed by atoms with Gasteiger partial charge in [0, 0.05) is 17.7 Å². The van der Waals surface area contributed by atoms with Crippen molar-refractivity contribution in [3.05, 3.63) is 22.7 Å². The number of hydrogen-bond donors (Lipinski definition) is 1. The van der Waals surface area contributed by atoms with Crippen LogP contribution >= 0.6 is 0 Å². The molecule has 1 atom stereocenters. The first-order valence-electron chi connectivity index (χ1n) is 9.68. The number of fused-ring (bicyclic) bond motifs is 1. The average Bonchev–Trinajstić information content (AvgIpc) is 2.67. The summed E-state index contributed by atoms with van der Waals surface area (Å²) >= 11 is 0. The highest BCUT2D eigenvalue weighted by Crippen LogP contribution is 2.16. The van der Waals surface area contributed by atoms with E-state index in [2.05, 4.69) is 24.2 Å². The highest BCUT2D eigenvalue weighted by molar-refractivity contribution is 5.87. The molecule has 0 bridgehead atoms. The van der Waals surface area contributed by atoms with E-state index in [0.29, 0.717) is 29.8 Å². The molecule has 148 valence electrons. The summed E-state index contributed by atoms with van der Waals surface area (Å²) in [5.41, 5.74) is 0. The number of nitrogens with zero attached hydrogens (tertiary/aromatic N) is 1. The lowest BCUT2D eigenvalue weighted by atomic mass is 9.96. The number of methoxy groups -OCH3 is 2. The SMILES string of the molecule is CCCC(CCC)C(=O)NCCC1C=c2c(OC)ccc(OC)c2=NC1=O. The first-order chi connectivity index (χ1) is 13.0. The van der Waals surface area contributed by atoms with E-state index in [1.807, 2.05) is 6.08 Å². The molecule has 0 aliphatic carbocycles. The molecule has 0 radical (unpaired) electrons.